The maximum absolute atomic E-state index is 12.9. The molecule has 1 fully saturated rings. The van der Waals surface area contributed by atoms with Gasteiger partial charge in [-0.2, -0.15) is 0 Å². The third kappa shape index (κ3) is 5.19. The number of benzene rings is 2. The summed E-state index contributed by atoms with van der Waals surface area (Å²) in [5.74, 6) is 1.58. The fraction of sp³-hybridized carbons (Fsp3) is 0.364. The highest BCUT2D eigenvalue weighted by atomic mass is 16.5. The van der Waals surface area contributed by atoms with Crippen molar-refractivity contribution in [2.45, 2.75) is 18.9 Å². The summed E-state index contributed by atoms with van der Waals surface area (Å²) >= 11 is 0. The molecule has 1 atom stereocenters. The van der Waals surface area contributed by atoms with E-state index in [1.807, 2.05) is 24.3 Å². The van der Waals surface area contributed by atoms with Crippen LogP contribution in [0.3, 0.4) is 0 Å². The zero-order valence-electron chi connectivity index (χ0n) is 16.9. The smallest absolute Gasteiger partial charge is 0.257 e. The first kappa shape index (κ1) is 20.5. The van der Waals surface area contributed by atoms with E-state index in [2.05, 4.69) is 10.6 Å². The number of ether oxygens (including phenoxy) is 3. The van der Waals surface area contributed by atoms with E-state index in [0.29, 0.717) is 23.0 Å². The molecule has 7 heteroatoms. The monoisotopic (exact) mass is 398 g/mol. The van der Waals surface area contributed by atoms with Crippen molar-refractivity contribution in [2.75, 3.05) is 27.9 Å². The Morgan fingerprint density at radius 1 is 1.03 bits per heavy atom. The van der Waals surface area contributed by atoms with Crippen LogP contribution in [0.25, 0.3) is 0 Å². The lowest BCUT2D eigenvalue weighted by Crippen LogP contribution is -2.30. The Balaban J connectivity index is 1.73. The van der Waals surface area contributed by atoms with E-state index in [4.69, 9.17) is 14.2 Å². The van der Waals surface area contributed by atoms with E-state index in [1.54, 1.807) is 25.3 Å². The lowest BCUT2D eigenvalue weighted by molar-refractivity contribution is -0.122. The van der Waals surface area contributed by atoms with Crippen LogP contribution in [0, 0.1) is 5.92 Å². The van der Waals surface area contributed by atoms with Crippen LogP contribution in [-0.2, 0) is 4.79 Å². The van der Waals surface area contributed by atoms with Crippen LogP contribution >= 0.6 is 0 Å². The highest BCUT2D eigenvalue weighted by molar-refractivity contribution is 5.95. The number of nitrogens with one attached hydrogen (secondary N) is 2. The van der Waals surface area contributed by atoms with Gasteiger partial charge in [0.15, 0.2) is 18.1 Å². The molecule has 2 amide bonds. The molecule has 0 bridgehead atoms. The lowest BCUT2D eigenvalue weighted by atomic mass is 10.0. The van der Waals surface area contributed by atoms with Gasteiger partial charge in [-0.25, -0.2) is 0 Å². The van der Waals surface area contributed by atoms with E-state index in [-0.39, 0.29) is 24.5 Å². The second-order valence-corrected chi connectivity index (χ2v) is 6.89. The first-order chi connectivity index (χ1) is 14.0. The average Bonchev–Trinajstić information content (AvgIpc) is 3.60. The third-order valence-corrected chi connectivity index (χ3v) is 4.92. The van der Waals surface area contributed by atoms with Crippen molar-refractivity contribution in [3.8, 4) is 17.2 Å². The zero-order chi connectivity index (χ0) is 20.8. The summed E-state index contributed by atoms with van der Waals surface area (Å²) in [5.41, 5.74) is 1.52. The lowest BCUT2D eigenvalue weighted by Gasteiger charge is -2.20. The maximum atomic E-state index is 12.9. The Labute approximate surface area is 170 Å². The summed E-state index contributed by atoms with van der Waals surface area (Å²) in [4.78, 5) is 24.3. The summed E-state index contributed by atoms with van der Waals surface area (Å²) in [6.45, 7) is -0.125. The fourth-order valence-corrected chi connectivity index (χ4v) is 3.08. The van der Waals surface area contributed by atoms with E-state index >= 15 is 0 Å². The van der Waals surface area contributed by atoms with Gasteiger partial charge < -0.3 is 24.8 Å². The average molecular weight is 398 g/mol. The minimum Gasteiger partial charge on any atom is -0.497 e. The van der Waals surface area contributed by atoms with Crippen LogP contribution in [0.15, 0.2) is 42.5 Å². The van der Waals surface area contributed by atoms with Crippen LogP contribution in [-0.4, -0.2) is 39.7 Å². The van der Waals surface area contributed by atoms with Gasteiger partial charge in [0.1, 0.15) is 5.75 Å². The molecule has 1 aliphatic carbocycles. The molecule has 1 saturated carbocycles. The van der Waals surface area contributed by atoms with Crippen LogP contribution in [0.2, 0.25) is 0 Å². The highest BCUT2D eigenvalue weighted by Gasteiger charge is 2.33. The van der Waals surface area contributed by atoms with Crippen molar-refractivity contribution < 1.29 is 23.8 Å². The predicted molar refractivity (Wildman–Crippen MR) is 108 cm³/mol. The number of likely N-dealkylation sites (N-methyl/N-ethyl adjacent to an activating group) is 1. The molecular formula is C22H26N2O5. The van der Waals surface area contributed by atoms with Gasteiger partial charge in [0.2, 0.25) is 0 Å². The Bertz CT molecular complexity index is 862. The van der Waals surface area contributed by atoms with Crippen molar-refractivity contribution in [3.05, 3.63) is 53.6 Å². The van der Waals surface area contributed by atoms with Crippen molar-refractivity contribution in [1.29, 1.82) is 0 Å². The molecule has 154 valence electrons. The van der Waals surface area contributed by atoms with Crippen molar-refractivity contribution in [1.82, 2.24) is 10.6 Å². The standard InChI is InChI=1S/C22H26N2O5/c1-23-20(25)13-29-18-11-8-16(12-19(18)28-3)22(26)24-21(14-4-5-14)15-6-9-17(27-2)10-7-15/h6-12,14,21H,4-5,13H2,1-3H3,(H,23,25)(H,24,26). The van der Waals surface area contributed by atoms with Gasteiger partial charge >= 0.3 is 0 Å². The summed E-state index contributed by atoms with van der Waals surface area (Å²) in [6, 6.07) is 12.6. The molecule has 2 N–H and O–H groups in total. The molecule has 1 unspecified atom stereocenters. The summed E-state index contributed by atoms with van der Waals surface area (Å²) in [5, 5.41) is 5.63. The molecule has 0 aromatic heterocycles. The third-order valence-electron chi connectivity index (χ3n) is 4.92. The first-order valence-electron chi connectivity index (χ1n) is 9.52. The molecule has 7 nitrogen and oxygen atoms in total. The number of methoxy groups -OCH3 is 2. The Morgan fingerprint density at radius 2 is 1.76 bits per heavy atom. The van der Waals surface area contributed by atoms with Gasteiger partial charge in [0.25, 0.3) is 11.8 Å². The van der Waals surface area contributed by atoms with Crippen molar-refractivity contribution in [3.63, 3.8) is 0 Å². The zero-order valence-corrected chi connectivity index (χ0v) is 16.9. The van der Waals surface area contributed by atoms with Crippen molar-refractivity contribution in [2.24, 2.45) is 5.92 Å². The number of carbonyl (C=O) groups excluding carboxylic acids is 2. The van der Waals surface area contributed by atoms with Gasteiger partial charge in [-0.3, -0.25) is 9.59 Å². The minimum absolute atomic E-state index is 0.0522. The normalized spacial score (nSPS) is 13.9. The molecule has 0 radical (unpaired) electrons. The fourth-order valence-electron chi connectivity index (χ4n) is 3.08. The largest absolute Gasteiger partial charge is 0.497 e. The molecule has 29 heavy (non-hydrogen) atoms. The minimum atomic E-state index is -0.249. The highest BCUT2D eigenvalue weighted by Crippen LogP contribution is 2.41. The molecule has 0 aliphatic heterocycles. The maximum Gasteiger partial charge on any atom is 0.257 e. The van der Waals surface area contributed by atoms with Crippen LogP contribution in [0.5, 0.6) is 17.2 Å². The number of rotatable bonds is 9. The van der Waals surface area contributed by atoms with E-state index in [0.717, 1.165) is 24.2 Å². The van der Waals surface area contributed by atoms with Crippen LogP contribution in [0.4, 0.5) is 0 Å². The van der Waals surface area contributed by atoms with Crippen molar-refractivity contribution >= 4 is 11.8 Å². The molecule has 3 rings (SSSR count). The second-order valence-electron chi connectivity index (χ2n) is 6.89. The number of amides is 2. The summed E-state index contributed by atoms with van der Waals surface area (Å²) in [6.07, 6.45) is 2.18. The van der Waals surface area contributed by atoms with Gasteiger partial charge in [-0.05, 0) is 54.7 Å². The topological polar surface area (TPSA) is 85.9 Å². The SMILES string of the molecule is CNC(=O)COc1ccc(C(=O)NC(c2ccc(OC)cc2)C2CC2)cc1OC. The van der Waals surface area contributed by atoms with Crippen LogP contribution < -0.4 is 24.8 Å². The molecule has 0 saturated heterocycles. The van der Waals surface area contributed by atoms with Gasteiger partial charge in [-0.1, -0.05) is 12.1 Å². The van der Waals surface area contributed by atoms with Gasteiger partial charge in [-0.15, -0.1) is 0 Å². The quantitative estimate of drug-likeness (QED) is 0.678. The first-order valence-corrected chi connectivity index (χ1v) is 9.52. The molecule has 2 aromatic rings. The predicted octanol–water partition coefficient (Wildman–Crippen LogP) is 2.71. The molecule has 1 aliphatic rings. The van der Waals surface area contributed by atoms with E-state index in [9.17, 15) is 9.59 Å². The summed E-state index contributed by atoms with van der Waals surface area (Å²) < 4.78 is 16.0. The molecule has 0 spiro atoms. The van der Waals surface area contributed by atoms with Gasteiger partial charge in [0, 0.05) is 12.6 Å². The van der Waals surface area contributed by atoms with E-state index < -0.39 is 0 Å². The van der Waals surface area contributed by atoms with Gasteiger partial charge in [0.05, 0.1) is 20.3 Å². The summed E-state index contributed by atoms with van der Waals surface area (Å²) in [7, 11) is 4.66. The number of hydrogen-bond acceptors (Lipinski definition) is 5. The Kier molecular flexibility index (Phi) is 6.59. The van der Waals surface area contributed by atoms with E-state index in [1.165, 1.54) is 14.2 Å². The van der Waals surface area contributed by atoms with Crippen LogP contribution in [0.1, 0.15) is 34.8 Å². The molecular weight excluding hydrogens is 372 g/mol. The number of hydrogen-bond donors (Lipinski definition) is 2. The second kappa shape index (κ2) is 9.32. The molecule has 2 aromatic carbocycles. The molecule has 0 heterocycles. The Hall–Kier alpha value is -3.22. The Morgan fingerprint density at radius 3 is 2.34 bits per heavy atom. The number of carbonyl (C=O) groups is 2.